The molecular weight excluding hydrogens is 346 g/mol. The lowest BCUT2D eigenvalue weighted by molar-refractivity contribution is -0.290. The van der Waals surface area contributed by atoms with Gasteiger partial charge in [-0.05, 0) is 52.9 Å². The number of hydroxylamine groups is 2. The third-order valence-corrected chi connectivity index (χ3v) is 5.62. The van der Waals surface area contributed by atoms with Crippen LogP contribution in [0.2, 0.25) is 0 Å². The summed E-state index contributed by atoms with van der Waals surface area (Å²) < 4.78 is 0. The molecule has 0 aromatic rings. The van der Waals surface area contributed by atoms with Crippen molar-refractivity contribution in [2.45, 2.75) is 103 Å². The monoisotopic (exact) mass is 385 g/mol. The molecular formula is C21H39NO5. The molecule has 0 aromatic carbocycles. The Hall–Kier alpha value is -1.14. The van der Waals surface area contributed by atoms with E-state index in [1.807, 2.05) is 5.06 Å². The van der Waals surface area contributed by atoms with Crippen LogP contribution in [0.4, 0.5) is 0 Å². The molecule has 0 aromatic heterocycles. The molecule has 0 saturated carbocycles. The van der Waals surface area contributed by atoms with E-state index in [2.05, 4.69) is 34.6 Å². The molecule has 0 spiro atoms. The summed E-state index contributed by atoms with van der Waals surface area (Å²) in [7, 11) is 0. The summed E-state index contributed by atoms with van der Waals surface area (Å²) in [4.78, 5) is 28.9. The largest absolute Gasteiger partial charge is 0.481 e. The van der Waals surface area contributed by atoms with Crippen LogP contribution in [0, 0.1) is 11.8 Å². The van der Waals surface area contributed by atoms with Crippen molar-refractivity contribution in [2.75, 3.05) is 6.61 Å². The van der Waals surface area contributed by atoms with E-state index in [9.17, 15) is 14.7 Å². The van der Waals surface area contributed by atoms with E-state index in [1.54, 1.807) is 0 Å². The third-order valence-electron chi connectivity index (χ3n) is 5.62. The van der Waals surface area contributed by atoms with Crippen molar-refractivity contribution in [1.82, 2.24) is 5.06 Å². The number of rotatable bonds is 12. The minimum atomic E-state index is -1.06. The number of nitrogens with zero attached hydrogens (tertiary/aromatic N) is 1. The SMILES string of the molecule is CCCCCCCCON1C(C)(C)CC(C(CC(=O)O)C(=O)O)CC1(C)C. The van der Waals surface area contributed by atoms with E-state index in [-0.39, 0.29) is 23.4 Å². The van der Waals surface area contributed by atoms with Crippen molar-refractivity contribution in [3.63, 3.8) is 0 Å². The first-order chi connectivity index (χ1) is 12.5. The molecule has 27 heavy (non-hydrogen) atoms. The number of carbonyl (C=O) groups is 2. The molecule has 1 rings (SSSR count). The quantitative estimate of drug-likeness (QED) is 0.473. The Labute approximate surface area is 164 Å². The van der Waals surface area contributed by atoms with Gasteiger partial charge in [0.25, 0.3) is 0 Å². The number of hydrogen-bond donors (Lipinski definition) is 2. The normalized spacial score (nSPS) is 21.1. The maximum Gasteiger partial charge on any atom is 0.307 e. The van der Waals surface area contributed by atoms with E-state index in [1.165, 1.54) is 25.7 Å². The highest BCUT2D eigenvalue weighted by atomic mass is 16.7. The molecule has 158 valence electrons. The Morgan fingerprint density at radius 2 is 1.52 bits per heavy atom. The van der Waals surface area contributed by atoms with E-state index in [4.69, 9.17) is 9.94 Å². The van der Waals surface area contributed by atoms with Gasteiger partial charge in [0.05, 0.1) is 18.9 Å². The maximum atomic E-state index is 11.6. The molecule has 1 aliphatic heterocycles. The predicted octanol–water partition coefficient (Wildman–Crippen LogP) is 4.72. The summed E-state index contributed by atoms with van der Waals surface area (Å²) in [6, 6.07) is 0. The van der Waals surface area contributed by atoms with Crippen molar-refractivity contribution >= 4 is 11.9 Å². The Morgan fingerprint density at radius 1 is 1.00 bits per heavy atom. The van der Waals surface area contributed by atoms with E-state index >= 15 is 0 Å². The molecule has 2 N–H and O–H groups in total. The molecule has 1 saturated heterocycles. The van der Waals surface area contributed by atoms with Gasteiger partial charge < -0.3 is 10.2 Å². The number of carboxylic acids is 2. The van der Waals surface area contributed by atoms with Crippen LogP contribution in [-0.2, 0) is 14.4 Å². The highest BCUT2D eigenvalue weighted by Gasteiger charge is 2.49. The summed E-state index contributed by atoms with van der Waals surface area (Å²) in [6.07, 6.45) is 8.12. The fourth-order valence-electron chi connectivity index (χ4n) is 4.66. The van der Waals surface area contributed by atoms with Gasteiger partial charge in [-0.25, -0.2) is 0 Å². The molecule has 1 atom stereocenters. The van der Waals surface area contributed by atoms with E-state index in [0.29, 0.717) is 19.4 Å². The van der Waals surface area contributed by atoms with Gasteiger partial charge in [-0.15, -0.1) is 0 Å². The number of unbranched alkanes of at least 4 members (excludes halogenated alkanes) is 5. The molecule has 0 radical (unpaired) electrons. The Kier molecular flexibility index (Phi) is 9.22. The van der Waals surface area contributed by atoms with Crippen molar-refractivity contribution < 1.29 is 24.6 Å². The Morgan fingerprint density at radius 3 is 2.00 bits per heavy atom. The molecule has 0 aliphatic carbocycles. The van der Waals surface area contributed by atoms with Crippen LogP contribution in [-0.4, -0.2) is 44.9 Å². The second kappa shape index (κ2) is 10.4. The van der Waals surface area contributed by atoms with Gasteiger partial charge in [0.2, 0.25) is 0 Å². The van der Waals surface area contributed by atoms with Crippen molar-refractivity contribution in [1.29, 1.82) is 0 Å². The maximum absolute atomic E-state index is 11.6. The van der Waals surface area contributed by atoms with E-state index in [0.717, 1.165) is 12.8 Å². The van der Waals surface area contributed by atoms with Crippen molar-refractivity contribution in [2.24, 2.45) is 11.8 Å². The summed E-state index contributed by atoms with van der Waals surface area (Å²) >= 11 is 0. The lowest BCUT2D eigenvalue weighted by Gasteiger charge is -2.54. The molecule has 6 nitrogen and oxygen atoms in total. The smallest absolute Gasteiger partial charge is 0.307 e. The average molecular weight is 386 g/mol. The molecule has 1 heterocycles. The zero-order chi connectivity index (χ0) is 20.7. The van der Waals surface area contributed by atoms with Gasteiger partial charge in [-0.1, -0.05) is 39.0 Å². The fraction of sp³-hybridized carbons (Fsp3) is 0.905. The van der Waals surface area contributed by atoms with Crippen molar-refractivity contribution in [3.05, 3.63) is 0 Å². The predicted molar refractivity (Wildman–Crippen MR) is 105 cm³/mol. The highest BCUT2D eigenvalue weighted by molar-refractivity contribution is 5.78. The molecule has 0 amide bonds. The minimum Gasteiger partial charge on any atom is -0.481 e. The minimum absolute atomic E-state index is 0.183. The first-order valence-electron chi connectivity index (χ1n) is 10.4. The highest BCUT2D eigenvalue weighted by Crippen LogP contribution is 2.45. The van der Waals surface area contributed by atoms with Gasteiger partial charge >= 0.3 is 11.9 Å². The summed E-state index contributed by atoms with van der Waals surface area (Å²) in [6.45, 7) is 11.1. The van der Waals surface area contributed by atoms with Gasteiger partial charge in [-0.3, -0.25) is 14.4 Å². The lowest BCUT2D eigenvalue weighted by atomic mass is 9.69. The first kappa shape index (κ1) is 23.9. The van der Waals surface area contributed by atoms with Crippen LogP contribution in [0.5, 0.6) is 0 Å². The van der Waals surface area contributed by atoms with Crippen LogP contribution in [0.3, 0.4) is 0 Å². The van der Waals surface area contributed by atoms with Gasteiger partial charge in [0.1, 0.15) is 0 Å². The Bertz CT molecular complexity index is 471. The van der Waals surface area contributed by atoms with Crippen LogP contribution >= 0.6 is 0 Å². The number of piperidine rings is 1. The van der Waals surface area contributed by atoms with Gasteiger partial charge in [-0.2, -0.15) is 5.06 Å². The van der Waals surface area contributed by atoms with E-state index < -0.39 is 17.9 Å². The van der Waals surface area contributed by atoms with Crippen LogP contribution in [0.15, 0.2) is 0 Å². The summed E-state index contributed by atoms with van der Waals surface area (Å²) in [5.41, 5.74) is -0.693. The van der Waals surface area contributed by atoms with Crippen LogP contribution in [0.25, 0.3) is 0 Å². The van der Waals surface area contributed by atoms with Gasteiger partial charge in [0.15, 0.2) is 0 Å². The second-order valence-corrected chi connectivity index (χ2v) is 9.23. The molecule has 0 bridgehead atoms. The average Bonchev–Trinajstić information content (AvgIpc) is 2.52. The third kappa shape index (κ3) is 7.41. The van der Waals surface area contributed by atoms with Crippen LogP contribution in [0.1, 0.15) is 92.4 Å². The number of hydrogen-bond acceptors (Lipinski definition) is 4. The van der Waals surface area contributed by atoms with Crippen molar-refractivity contribution in [3.8, 4) is 0 Å². The van der Waals surface area contributed by atoms with Gasteiger partial charge in [0, 0.05) is 11.1 Å². The zero-order valence-corrected chi connectivity index (χ0v) is 17.8. The zero-order valence-electron chi connectivity index (χ0n) is 17.8. The molecule has 6 heteroatoms. The summed E-state index contributed by atoms with van der Waals surface area (Å²) in [5, 5.41) is 20.7. The molecule has 1 unspecified atom stereocenters. The fourth-order valence-corrected chi connectivity index (χ4v) is 4.66. The first-order valence-corrected chi connectivity index (χ1v) is 10.4. The number of carboxylic acid groups (broad SMARTS) is 2. The summed E-state index contributed by atoms with van der Waals surface area (Å²) in [5.74, 6) is -3.12. The molecule has 1 fully saturated rings. The standard InChI is InChI=1S/C21H39NO5/c1-6-7-8-9-10-11-12-27-22-20(2,3)14-16(15-21(22,4)5)17(19(25)26)13-18(23)24/h16-17H,6-15H2,1-5H3,(H,23,24)(H,25,26). The van der Waals surface area contributed by atoms with Crippen LogP contribution < -0.4 is 0 Å². The lowest BCUT2D eigenvalue weighted by Crippen LogP contribution is -2.61. The second-order valence-electron chi connectivity index (χ2n) is 9.23. The molecule has 1 aliphatic rings. The Balaban J connectivity index is 2.68. The topological polar surface area (TPSA) is 87.1 Å². The number of aliphatic carboxylic acids is 2.